The molecule has 0 unspecified atom stereocenters. The van der Waals surface area contributed by atoms with Gasteiger partial charge in [0, 0.05) is 19.4 Å². The molecule has 1 rings (SSSR count). The molecule has 1 heterocycles. The second-order valence-corrected chi connectivity index (χ2v) is 3.65. The molecule has 4 heteroatoms. The van der Waals surface area contributed by atoms with E-state index >= 15 is 0 Å². The molecular formula is C11H21N3O. The Morgan fingerprint density at radius 2 is 1.80 bits per heavy atom. The van der Waals surface area contributed by atoms with Crippen molar-refractivity contribution in [3.8, 4) is 0 Å². The van der Waals surface area contributed by atoms with Crippen LogP contribution in [0.25, 0.3) is 0 Å². The molecule has 0 atom stereocenters. The van der Waals surface area contributed by atoms with Crippen molar-refractivity contribution in [1.82, 2.24) is 15.5 Å². The van der Waals surface area contributed by atoms with Crippen LogP contribution in [0.4, 0.5) is 0 Å². The van der Waals surface area contributed by atoms with Gasteiger partial charge in [-0.1, -0.05) is 26.7 Å². The van der Waals surface area contributed by atoms with Gasteiger partial charge >= 0.3 is 0 Å². The van der Waals surface area contributed by atoms with Crippen LogP contribution in [-0.4, -0.2) is 23.3 Å². The predicted octanol–water partition coefficient (Wildman–Crippen LogP) is 1.95. The van der Waals surface area contributed by atoms with E-state index in [4.69, 9.17) is 4.42 Å². The highest BCUT2D eigenvalue weighted by molar-refractivity contribution is 4.82. The molecule has 4 nitrogen and oxygen atoms in total. The summed E-state index contributed by atoms with van der Waals surface area (Å²) in [6, 6.07) is 0. The third-order valence-corrected chi connectivity index (χ3v) is 2.27. The highest BCUT2D eigenvalue weighted by Crippen LogP contribution is 2.05. The predicted molar refractivity (Wildman–Crippen MR) is 59.8 cm³/mol. The highest BCUT2D eigenvalue weighted by atomic mass is 16.4. The van der Waals surface area contributed by atoms with E-state index in [0.29, 0.717) is 0 Å². The fraction of sp³-hybridized carbons (Fsp3) is 0.818. The van der Waals surface area contributed by atoms with Crippen molar-refractivity contribution in [2.24, 2.45) is 0 Å². The average Bonchev–Trinajstić information content (AvgIpc) is 2.67. The molecule has 86 valence electrons. The summed E-state index contributed by atoms with van der Waals surface area (Å²) in [4.78, 5) is 0. The summed E-state index contributed by atoms with van der Waals surface area (Å²) in [5.41, 5.74) is 0. The van der Waals surface area contributed by atoms with Crippen LogP contribution in [0.15, 0.2) is 4.42 Å². The zero-order chi connectivity index (χ0) is 10.9. The molecule has 0 aromatic carbocycles. The van der Waals surface area contributed by atoms with Crippen LogP contribution >= 0.6 is 0 Å². The van der Waals surface area contributed by atoms with Crippen molar-refractivity contribution < 1.29 is 4.42 Å². The Balaban J connectivity index is 2.23. The third kappa shape index (κ3) is 4.93. The smallest absolute Gasteiger partial charge is 0.217 e. The van der Waals surface area contributed by atoms with E-state index in [1.165, 1.54) is 12.8 Å². The summed E-state index contributed by atoms with van der Waals surface area (Å²) < 4.78 is 5.51. The van der Waals surface area contributed by atoms with Crippen LogP contribution in [0.5, 0.6) is 0 Å². The van der Waals surface area contributed by atoms with E-state index in [1.807, 2.05) is 0 Å². The number of nitrogens with one attached hydrogen (secondary N) is 1. The summed E-state index contributed by atoms with van der Waals surface area (Å²) in [6.45, 7) is 6.17. The first kappa shape index (κ1) is 12.2. The molecule has 0 aliphatic rings. The third-order valence-electron chi connectivity index (χ3n) is 2.27. The summed E-state index contributed by atoms with van der Waals surface area (Å²) in [7, 11) is 0. The standard InChI is InChI=1S/C11H21N3O/c1-3-5-6-7-10-13-14-11(15-10)8-9-12-4-2/h12H,3-9H2,1-2H3. The van der Waals surface area contributed by atoms with Crippen molar-refractivity contribution in [3.05, 3.63) is 11.8 Å². The van der Waals surface area contributed by atoms with Crippen molar-refractivity contribution in [1.29, 1.82) is 0 Å². The maximum Gasteiger partial charge on any atom is 0.217 e. The molecule has 0 radical (unpaired) electrons. The average molecular weight is 211 g/mol. The van der Waals surface area contributed by atoms with Gasteiger partial charge < -0.3 is 9.73 Å². The second kappa shape index (κ2) is 7.40. The van der Waals surface area contributed by atoms with Gasteiger partial charge in [-0.25, -0.2) is 0 Å². The van der Waals surface area contributed by atoms with Gasteiger partial charge in [-0.2, -0.15) is 0 Å². The Morgan fingerprint density at radius 1 is 1.07 bits per heavy atom. The van der Waals surface area contributed by atoms with Crippen molar-refractivity contribution >= 4 is 0 Å². The lowest BCUT2D eigenvalue weighted by molar-refractivity contribution is 0.438. The van der Waals surface area contributed by atoms with Gasteiger partial charge in [0.1, 0.15) is 0 Å². The molecule has 15 heavy (non-hydrogen) atoms. The molecular weight excluding hydrogens is 190 g/mol. The van der Waals surface area contributed by atoms with E-state index in [9.17, 15) is 0 Å². The number of hydrogen-bond donors (Lipinski definition) is 1. The first-order chi connectivity index (χ1) is 7.36. The quantitative estimate of drug-likeness (QED) is 0.668. The Bertz CT molecular complexity index is 236. The van der Waals surface area contributed by atoms with Gasteiger partial charge in [0.2, 0.25) is 11.8 Å². The van der Waals surface area contributed by atoms with Crippen molar-refractivity contribution in [2.75, 3.05) is 13.1 Å². The molecule has 0 saturated carbocycles. The minimum Gasteiger partial charge on any atom is -0.425 e. The largest absolute Gasteiger partial charge is 0.425 e. The van der Waals surface area contributed by atoms with Gasteiger partial charge in [0.05, 0.1) is 0 Å². The number of nitrogens with zero attached hydrogens (tertiary/aromatic N) is 2. The highest BCUT2D eigenvalue weighted by Gasteiger charge is 2.04. The zero-order valence-corrected chi connectivity index (χ0v) is 9.75. The monoisotopic (exact) mass is 211 g/mol. The van der Waals surface area contributed by atoms with Gasteiger partial charge in [0.25, 0.3) is 0 Å². The normalized spacial score (nSPS) is 10.8. The lowest BCUT2D eigenvalue weighted by atomic mass is 10.2. The Kier molecular flexibility index (Phi) is 6.00. The zero-order valence-electron chi connectivity index (χ0n) is 9.75. The van der Waals surface area contributed by atoms with Gasteiger partial charge in [-0.15, -0.1) is 10.2 Å². The van der Waals surface area contributed by atoms with Gasteiger partial charge in [0.15, 0.2) is 0 Å². The molecule has 0 fully saturated rings. The summed E-state index contributed by atoms with van der Waals surface area (Å²) in [5.74, 6) is 1.54. The van der Waals surface area contributed by atoms with E-state index in [0.717, 1.165) is 44.1 Å². The van der Waals surface area contributed by atoms with Gasteiger partial charge in [-0.3, -0.25) is 0 Å². The number of hydrogen-bond acceptors (Lipinski definition) is 4. The number of likely N-dealkylation sites (N-methyl/N-ethyl adjacent to an activating group) is 1. The summed E-state index contributed by atoms with van der Waals surface area (Å²) in [6.07, 6.45) is 5.35. The van der Waals surface area contributed by atoms with E-state index in [2.05, 4.69) is 29.4 Å². The maximum atomic E-state index is 5.51. The van der Waals surface area contributed by atoms with E-state index < -0.39 is 0 Å². The topological polar surface area (TPSA) is 51.0 Å². The lowest BCUT2D eigenvalue weighted by Crippen LogP contribution is -2.16. The fourth-order valence-corrected chi connectivity index (χ4v) is 1.39. The maximum absolute atomic E-state index is 5.51. The molecule has 1 N–H and O–H groups in total. The van der Waals surface area contributed by atoms with Crippen LogP contribution in [-0.2, 0) is 12.8 Å². The SMILES string of the molecule is CCCCCc1nnc(CCNCC)o1. The Hall–Kier alpha value is -0.900. The first-order valence-electron chi connectivity index (χ1n) is 5.88. The van der Waals surface area contributed by atoms with Crippen molar-refractivity contribution in [3.63, 3.8) is 0 Å². The second-order valence-electron chi connectivity index (χ2n) is 3.65. The summed E-state index contributed by atoms with van der Waals surface area (Å²) in [5, 5.41) is 11.3. The Morgan fingerprint density at radius 3 is 2.47 bits per heavy atom. The van der Waals surface area contributed by atoms with Crippen LogP contribution < -0.4 is 5.32 Å². The first-order valence-corrected chi connectivity index (χ1v) is 5.88. The minimum atomic E-state index is 0.752. The fourth-order valence-electron chi connectivity index (χ4n) is 1.39. The number of aryl methyl sites for hydroxylation is 1. The molecule has 0 spiro atoms. The molecule has 1 aromatic heterocycles. The number of aromatic nitrogens is 2. The Labute approximate surface area is 91.5 Å². The molecule has 0 aliphatic carbocycles. The van der Waals surface area contributed by atoms with Crippen LogP contribution in [0.2, 0.25) is 0 Å². The van der Waals surface area contributed by atoms with Crippen molar-refractivity contribution in [2.45, 2.75) is 46.0 Å². The van der Waals surface area contributed by atoms with E-state index in [1.54, 1.807) is 0 Å². The molecule has 0 aliphatic heterocycles. The number of rotatable bonds is 8. The van der Waals surface area contributed by atoms with Gasteiger partial charge in [-0.05, 0) is 13.0 Å². The molecule has 1 aromatic rings. The summed E-state index contributed by atoms with van der Waals surface area (Å²) >= 11 is 0. The minimum absolute atomic E-state index is 0.752. The van der Waals surface area contributed by atoms with E-state index in [-0.39, 0.29) is 0 Å². The molecule has 0 bridgehead atoms. The lowest BCUT2D eigenvalue weighted by Gasteiger charge is -1.96. The molecule has 0 saturated heterocycles. The van der Waals surface area contributed by atoms with Crippen LogP contribution in [0.1, 0.15) is 44.9 Å². The van der Waals surface area contributed by atoms with Crippen LogP contribution in [0.3, 0.4) is 0 Å². The van der Waals surface area contributed by atoms with Crippen LogP contribution in [0, 0.1) is 0 Å². The molecule has 0 amide bonds. The number of unbranched alkanes of at least 4 members (excludes halogenated alkanes) is 2.